The molecule has 1 amide bonds. The number of anilines is 1. The molecule has 1 unspecified atom stereocenters. The van der Waals surface area contributed by atoms with Crippen LogP contribution in [0.2, 0.25) is 0 Å². The molecule has 1 aromatic heterocycles. The lowest BCUT2D eigenvalue weighted by Gasteiger charge is -2.09. The number of benzene rings is 2. The fourth-order valence-electron chi connectivity index (χ4n) is 2.62. The second-order valence-electron chi connectivity index (χ2n) is 6.13. The van der Waals surface area contributed by atoms with Gasteiger partial charge in [-0.1, -0.05) is 12.1 Å². The van der Waals surface area contributed by atoms with Crippen LogP contribution in [-0.4, -0.2) is 33.5 Å². The Morgan fingerprint density at radius 3 is 2.43 bits per heavy atom. The molecule has 1 atom stereocenters. The molecule has 0 radical (unpaired) electrons. The molecule has 28 heavy (non-hydrogen) atoms. The maximum atomic E-state index is 12.5. The van der Waals surface area contributed by atoms with Gasteiger partial charge in [-0.05, 0) is 44.2 Å². The van der Waals surface area contributed by atoms with E-state index in [1.165, 1.54) is 13.8 Å². The molecule has 0 aliphatic carbocycles. The van der Waals surface area contributed by atoms with Crippen LogP contribution in [0.25, 0.3) is 11.0 Å². The molecular weight excluding hydrogens is 362 g/mol. The van der Waals surface area contributed by atoms with E-state index < -0.39 is 17.7 Å². The molecule has 2 aromatic carbocycles. The Bertz CT molecular complexity index is 1160. The van der Waals surface area contributed by atoms with Crippen molar-refractivity contribution in [3.63, 3.8) is 0 Å². The number of nitrogens with one attached hydrogen (secondary N) is 3. The van der Waals surface area contributed by atoms with Crippen LogP contribution in [0.5, 0.6) is 0 Å². The minimum Gasteiger partial charge on any atom is -0.324 e. The number of carbonyl (C=O) groups is 3. The van der Waals surface area contributed by atoms with Gasteiger partial charge in [0.05, 0.1) is 16.7 Å². The highest BCUT2D eigenvalue weighted by molar-refractivity contribution is 6.10. The molecule has 1 heterocycles. The minimum atomic E-state index is -1.37. The summed E-state index contributed by atoms with van der Waals surface area (Å²) in [7, 11) is 0. The Morgan fingerprint density at radius 2 is 1.71 bits per heavy atom. The summed E-state index contributed by atoms with van der Waals surface area (Å²) >= 11 is 0. The lowest BCUT2D eigenvalue weighted by atomic mass is 10.1. The first-order chi connectivity index (χ1) is 13.3. The Kier molecular flexibility index (Phi) is 5.25. The fourth-order valence-corrected chi connectivity index (χ4v) is 2.62. The Balaban J connectivity index is 1.83. The summed E-state index contributed by atoms with van der Waals surface area (Å²) in [6.45, 7) is 2.62. The monoisotopic (exact) mass is 379 g/mol. The first-order valence-electron chi connectivity index (χ1n) is 8.39. The minimum absolute atomic E-state index is 0.202. The highest BCUT2D eigenvalue weighted by Crippen LogP contribution is 2.21. The van der Waals surface area contributed by atoms with Crippen LogP contribution in [0.15, 0.2) is 57.5 Å². The number of ketones is 2. The number of hydrogen-bond donors (Lipinski definition) is 3. The number of fused-ring (bicyclic) bond motifs is 1. The Morgan fingerprint density at radius 1 is 1.00 bits per heavy atom. The Hall–Kier alpha value is -3.88. The molecule has 0 fully saturated rings. The molecule has 9 nitrogen and oxygen atoms in total. The molecule has 0 saturated carbocycles. The largest absolute Gasteiger partial charge is 0.324 e. The number of azo groups is 1. The molecule has 0 bridgehead atoms. The van der Waals surface area contributed by atoms with Gasteiger partial charge in [-0.3, -0.25) is 14.4 Å². The third kappa shape index (κ3) is 4.09. The maximum Gasteiger partial charge on any atom is 0.323 e. The summed E-state index contributed by atoms with van der Waals surface area (Å²) in [5.41, 5.74) is 1.75. The van der Waals surface area contributed by atoms with E-state index in [0.717, 1.165) is 0 Å². The van der Waals surface area contributed by atoms with Crippen molar-refractivity contribution in [2.75, 3.05) is 5.32 Å². The van der Waals surface area contributed by atoms with Crippen LogP contribution in [0.3, 0.4) is 0 Å². The van der Waals surface area contributed by atoms with Gasteiger partial charge in [0.25, 0.3) is 5.91 Å². The van der Waals surface area contributed by atoms with Crippen LogP contribution in [0.1, 0.15) is 24.2 Å². The van der Waals surface area contributed by atoms with Crippen LogP contribution in [-0.2, 0) is 9.59 Å². The molecule has 0 saturated heterocycles. The van der Waals surface area contributed by atoms with E-state index in [4.69, 9.17) is 0 Å². The van der Waals surface area contributed by atoms with Crippen molar-refractivity contribution in [2.24, 2.45) is 10.2 Å². The summed E-state index contributed by atoms with van der Waals surface area (Å²) in [6.07, 6.45) is 0. The van der Waals surface area contributed by atoms with Gasteiger partial charge in [-0.15, -0.1) is 0 Å². The number of aromatic amines is 2. The average Bonchev–Trinajstić information content (AvgIpc) is 3.01. The second-order valence-corrected chi connectivity index (χ2v) is 6.13. The summed E-state index contributed by atoms with van der Waals surface area (Å²) in [6, 6.07) is 9.92. The first-order valence-corrected chi connectivity index (χ1v) is 8.39. The highest BCUT2D eigenvalue weighted by Gasteiger charge is 2.23. The van der Waals surface area contributed by atoms with Gasteiger partial charge in [-0.2, -0.15) is 10.2 Å². The first kappa shape index (κ1) is 18.9. The zero-order valence-electron chi connectivity index (χ0n) is 15.1. The van der Waals surface area contributed by atoms with Crippen molar-refractivity contribution < 1.29 is 14.4 Å². The number of aromatic nitrogens is 2. The predicted molar refractivity (Wildman–Crippen MR) is 103 cm³/mol. The van der Waals surface area contributed by atoms with Gasteiger partial charge < -0.3 is 15.3 Å². The van der Waals surface area contributed by atoms with E-state index in [1.54, 1.807) is 42.5 Å². The molecule has 0 spiro atoms. The van der Waals surface area contributed by atoms with Crippen molar-refractivity contribution in [3.05, 3.63) is 58.5 Å². The number of H-pyrrole nitrogens is 2. The zero-order valence-corrected chi connectivity index (χ0v) is 15.1. The number of amides is 1. The molecule has 9 heteroatoms. The number of imidazole rings is 1. The smallest absolute Gasteiger partial charge is 0.323 e. The average molecular weight is 379 g/mol. The van der Waals surface area contributed by atoms with Crippen molar-refractivity contribution in [1.29, 1.82) is 0 Å². The molecule has 0 aliphatic heterocycles. The van der Waals surface area contributed by atoms with E-state index in [1.807, 2.05) is 0 Å². The number of hydrogen-bond acceptors (Lipinski definition) is 6. The predicted octanol–water partition coefficient (Wildman–Crippen LogP) is 2.74. The Labute approximate surface area is 158 Å². The van der Waals surface area contributed by atoms with Crippen LogP contribution in [0.4, 0.5) is 11.4 Å². The fraction of sp³-hybridized carbons (Fsp3) is 0.158. The lowest BCUT2D eigenvalue weighted by Crippen LogP contribution is -2.31. The molecule has 3 aromatic rings. The molecule has 0 aliphatic rings. The summed E-state index contributed by atoms with van der Waals surface area (Å²) in [5, 5.41) is 10.4. The van der Waals surface area contributed by atoms with Gasteiger partial charge in [-0.25, -0.2) is 4.79 Å². The highest BCUT2D eigenvalue weighted by atomic mass is 16.2. The third-order valence-corrected chi connectivity index (χ3v) is 3.98. The quantitative estimate of drug-likeness (QED) is 0.344. The van der Waals surface area contributed by atoms with Gasteiger partial charge in [0.15, 0.2) is 11.6 Å². The van der Waals surface area contributed by atoms with Crippen molar-refractivity contribution in [1.82, 2.24) is 9.97 Å². The number of nitrogens with zero attached hydrogens (tertiary/aromatic N) is 2. The summed E-state index contributed by atoms with van der Waals surface area (Å²) in [5.74, 6) is -1.38. The summed E-state index contributed by atoms with van der Waals surface area (Å²) in [4.78, 5) is 52.6. The summed E-state index contributed by atoms with van der Waals surface area (Å²) < 4.78 is 0. The molecular formula is C19H17N5O4. The second kappa shape index (κ2) is 7.78. The number of carbonyl (C=O) groups excluding carboxylic acids is 3. The maximum absolute atomic E-state index is 12.5. The lowest BCUT2D eigenvalue weighted by molar-refractivity contribution is -0.126. The third-order valence-electron chi connectivity index (χ3n) is 3.98. The number of rotatable bonds is 6. The standard InChI is InChI=1S/C19H17N5O4/c1-10(25)13-5-3-4-6-14(13)23-24-17(11(2)26)18(27)20-12-7-8-15-16(9-12)22-19(28)21-15/h3-9,17H,1-2H3,(H,20,27)(H2,21,22,28). The van der Waals surface area contributed by atoms with Crippen molar-refractivity contribution in [3.8, 4) is 0 Å². The SMILES string of the molecule is CC(=O)c1ccccc1N=NC(C(C)=O)C(=O)Nc1ccc2[nH]c(=O)[nH]c2c1. The van der Waals surface area contributed by atoms with E-state index >= 15 is 0 Å². The van der Waals surface area contributed by atoms with E-state index in [0.29, 0.717) is 22.3 Å². The van der Waals surface area contributed by atoms with Gasteiger partial charge in [0.2, 0.25) is 6.04 Å². The number of Topliss-reactive ketones (excluding diaryl/α,β-unsaturated/α-hetero) is 2. The van der Waals surface area contributed by atoms with Gasteiger partial charge in [0, 0.05) is 11.3 Å². The van der Waals surface area contributed by atoms with E-state index in [-0.39, 0.29) is 17.2 Å². The molecule has 3 rings (SSSR count). The van der Waals surface area contributed by atoms with E-state index in [9.17, 15) is 19.2 Å². The topological polar surface area (TPSA) is 137 Å². The van der Waals surface area contributed by atoms with Crippen LogP contribution >= 0.6 is 0 Å². The zero-order chi connectivity index (χ0) is 20.3. The molecule has 3 N–H and O–H groups in total. The van der Waals surface area contributed by atoms with E-state index in [2.05, 4.69) is 25.5 Å². The van der Waals surface area contributed by atoms with Crippen molar-refractivity contribution in [2.45, 2.75) is 19.9 Å². The van der Waals surface area contributed by atoms with Crippen LogP contribution < -0.4 is 11.0 Å². The van der Waals surface area contributed by atoms with Gasteiger partial charge in [0.1, 0.15) is 0 Å². The van der Waals surface area contributed by atoms with Gasteiger partial charge >= 0.3 is 5.69 Å². The van der Waals surface area contributed by atoms with Crippen LogP contribution in [0, 0.1) is 0 Å². The normalized spacial score (nSPS) is 12.2. The molecule has 142 valence electrons. The van der Waals surface area contributed by atoms with Crippen molar-refractivity contribution >= 4 is 39.9 Å².